The fraction of sp³-hybridized carbons (Fsp3) is 0.650. The lowest BCUT2D eigenvalue weighted by atomic mass is 10.00. The predicted molar refractivity (Wildman–Crippen MR) is 105 cm³/mol. The van der Waals surface area contributed by atoms with E-state index in [1.807, 2.05) is 7.05 Å². The predicted octanol–water partition coefficient (Wildman–Crippen LogP) is 1.69. The lowest BCUT2D eigenvalue weighted by Gasteiger charge is -2.29. The van der Waals surface area contributed by atoms with Crippen LogP contribution in [-0.4, -0.2) is 68.1 Å². The Labute approximate surface area is 152 Å². The minimum atomic E-state index is 0.655. The van der Waals surface area contributed by atoms with Crippen molar-refractivity contribution in [2.75, 3.05) is 46.3 Å². The van der Waals surface area contributed by atoms with Crippen LogP contribution in [0.2, 0.25) is 0 Å². The average Bonchev–Trinajstić information content (AvgIpc) is 3.12. The molecule has 0 amide bonds. The molecule has 1 unspecified atom stereocenters. The second-order valence-corrected chi connectivity index (χ2v) is 7.10. The monoisotopic (exact) mass is 343 g/mol. The van der Waals surface area contributed by atoms with E-state index in [4.69, 9.17) is 0 Å². The fourth-order valence-corrected chi connectivity index (χ4v) is 4.06. The lowest BCUT2D eigenvalue weighted by Crippen LogP contribution is -2.46. The molecule has 5 nitrogen and oxygen atoms in total. The smallest absolute Gasteiger partial charge is 0.191 e. The molecule has 5 heteroatoms. The summed E-state index contributed by atoms with van der Waals surface area (Å²) in [6.45, 7) is 9.84. The number of guanidine groups is 1. The van der Waals surface area contributed by atoms with Gasteiger partial charge >= 0.3 is 0 Å². The number of hydrogen-bond donors (Lipinski definition) is 2. The van der Waals surface area contributed by atoms with Gasteiger partial charge in [-0.2, -0.15) is 0 Å². The minimum Gasteiger partial charge on any atom is -0.355 e. The number of rotatable bonds is 6. The first-order chi connectivity index (χ1) is 12.3. The topological polar surface area (TPSA) is 42.9 Å². The number of likely N-dealkylation sites (N-methyl/N-ethyl adjacent to an activating group) is 1. The molecule has 3 rings (SSSR count). The fourth-order valence-electron chi connectivity index (χ4n) is 4.06. The number of nitrogens with zero attached hydrogens (tertiary/aromatic N) is 3. The van der Waals surface area contributed by atoms with Crippen molar-refractivity contribution in [1.82, 2.24) is 20.4 Å². The molecule has 1 saturated heterocycles. The molecule has 0 saturated carbocycles. The Bertz CT molecular complexity index is 571. The Morgan fingerprint density at radius 3 is 2.84 bits per heavy atom. The molecule has 25 heavy (non-hydrogen) atoms. The van der Waals surface area contributed by atoms with E-state index >= 15 is 0 Å². The van der Waals surface area contributed by atoms with Crippen LogP contribution in [0.3, 0.4) is 0 Å². The Kier molecular flexibility index (Phi) is 6.70. The molecule has 2 heterocycles. The maximum atomic E-state index is 4.38. The van der Waals surface area contributed by atoms with Crippen molar-refractivity contribution in [3.05, 3.63) is 35.4 Å². The third kappa shape index (κ3) is 4.95. The molecular weight excluding hydrogens is 310 g/mol. The van der Waals surface area contributed by atoms with Gasteiger partial charge in [-0.15, -0.1) is 0 Å². The van der Waals surface area contributed by atoms with Crippen LogP contribution in [0.5, 0.6) is 0 Å². The van der Waals surface area contributed by atoms with Gasteiger partial charge in [-0.3, -0.25) is 14.8 Å². The second kappa shape index (κ2) is 9.20. The third-order valence-corrected chi connectivity index (χ3v) is 5.56. The molecule has 0 aromatic heterocycles. The highest BCUT2D eigenvalue weighted by molar-refractivity contribution is 5.79. The molecule has 1 aromatic rings. The number of aliphatic imine (C=N–C) groups is 1. The largest absolute Gasteiger partial charge is 0.355 e. The molecule has 1 atom stereocenters. The lowest BCUT2D eigenvalue weighted by molar-refractivity contribution is 0.257. The van der Waals surface area contributed by atoms with Crippen molar-refractivity contribution in [1.29, 1.82) is 0 Å². The Morgan fingerprint density at radius 2 is 2.04 bits per heavy atom. The van der Waals surface area contributed by atoms with Crippen LogP contribution in [0.1, 0.15) is 30.9 Å². The molecule has 0 aliphatic carbocycles. The molecule has 0 bridgehead atoms. The summed E-state index contributed by atoms with van der Waals surface area (Å²) in [4.78, 5) is 9.46. The summed E-state index contributed by atoms with van der Waals surface area (Å²) in [7, 11) is 1.86. The Balaban J connectivity index is 1.37. The molecule has 0 spiro atoms. The van der Waals surface area contributed by atoms with Crippen LogP contribution in [0, 0.1) is 0 Å². The zero-order chi connectivity index (χ0) is 17.5. The molecule has 1 aromatic carbocycles. The Morgan fingerprint density at radius 1 is 1.20 bits per heavy atom. The summed E-state index contributed by atoms with van der Waals surface area (Å²) < 4.78 is 0. The molecule has 2 aliphatic rings. The first-order valence-corrected chi connectivity index (χ1v) is 9.78. The van der Waals surface area contributed by atoms with Crippen molar-refractivity contribution in [2.24, 2.45) is 4.99 Å². The van der Waals surface area contributed by atoms with Gasteiger partial charge in [0.1, 0.15) is 0 Å². The van der Waals surface area contributed by atoms with E-state index in [0.29, 0.717) is 6.04 Å². The molecule has 138 valence electrons. The molecule has 2 N–H and O–H groups in total. The highest BCUT2D eigenvalue weighted by atomic mass is 15.2. The number of fused-ring (bicyclic) bond motifs is 1. The van der Waals surface area contributed by atoms with Crippen LogP contribution in [0.25, 0.3) is 0 Å². The molecule has 0 radical (unpaired) electrons. The van der Waals surface area contributed by atoms with E-state index in [0.717, 1.165) is 51.6 Å². The van der Waals surface area contributed by atoms with E-state index in [1.54, 1.807) is 0 Å². The highest BCUT2D eigenvalue weighted by Crippen LogP contribution is 2.18. The molecule has 1 fully saturated rings. The van der Waals surface area contributed by atoms with Gasteiger partial charge in [-0.25, -0.2) is 0 Å². The Hall–Kier alpha value is -1.59. The number of hydrogen-bond acceptors (Lipinski definition) is 3. The van der Waals surface area contributed by atoms with Gasteiger partial charge in [-0.05, 0) is 43.5 Å². The van der Waals surface area contributed by atoms with Gasteiger partial charge in [0, 0.05) is 45.8 Å². The normalized spacial score (nSPS) is 22.0. The first-order valence-electron chi connectivity index (χ1n) is 9.78. The highest BCUT2D eigenvalue weighted by Gasteiger charge is 2.22. The van der Waals surface area contributed by atoms with E-state index in [1.165, 1.54) is 30.5 Å². The third-order valence-electron chi connectivity index (χ3n) is 5.56. The van der Waals surface area contributed by atoms with Gasteiger partial charge < -0.3 is 10.6 Å². The number of nitrogens with one attached hydrogen (secondary N) is 2. The van der Waals surface area contributed by atoms with Gasteiger partial charge in [0.25, 0.3) is 0 Å². The summed E-state index contributed by atoms with van der Waals surface area (Å²) in [5.74, 6) is 0.931. The van der Waals surface area contributed by atoms with E-state index < -0.39 is 0 Å². The van der Waals surface area contributed by atoms with Crippen LogP contribution in [-0.2, 0) is 13.0 Å². The van der Waals surface area contributed by atoms with Gasteiger partial charge in [-0.1, -0.05) is 31.2 Å². The standard InChI is InChI=1S/C20H33N5/c1-3-25-12-6-9-19(25)15-23-20(21-2)22-11-14-24-13-10-17-7-4-5-8-18(17)16-24/h4-5,7-8,19H,3,6,9-16H2,1-2H3,(H2,21,22,23). The van der Waals surface area contributed by atoms with Gasteiger partial charge in [0.2, 0.25) is 0 Å². The zero-order valence-electron chi connectivity index (χ0n) is 15.8. The van der Waals surface area contributed by atoms with Gasteiger partial charge in [0.15, 0.2) is 5.96 Å². The van der Waals surface area contributed by atoms with Crippen molar-refractivity contribution in [3.63, 3.8) is 0 Å². The van der Waals surface area contributed by atoms with Crippen LogP contribution < -0.4 is 10.6 Å². The van der Waals surface area contributed by atoms with Gasteiger partial charge in [0.05, 0.1) is 0 Å². The van der Waals surface area contributed by atoms with Crippen molar-refractivity contribution < 1.29 is 0 Å². The maximum absolute atomic E-state index is 4.38. The summed E-state index contributed by atoms with van der Waals surface area (Å²) >= 11 is 0. The number of benzene rings is 1. The van der Waals surface area contributed by atoms with Crippen LogP contribution >= 0.6 is 0 Å². The SMILES string of the molecule is CCN1CCCC1CNC(=NC)NCCN1CCc2ccccc2C1. The average molecular weight is 344 g/mol. The summed E-state index contributed by atoms with van der Waals surface area (Å²) in [5, 5.41) is 6.98. The van der Waals surface area contributed by atoms with Crippen molar-refractivity contribution >= 4 is 5.96 Å². The molecular formula is C20H33N5. The summed E-state index contributed by atoms with van der Waals surface area (Å²) in [6, 6.07) is 9.47. The van der Waals surface area contributed by atoms with Crippen LogP contribution in [0.4, 0.5) is 0 Å². The first kappa shape index (κ1) is 18.2. The second-order valence-electron chi connectivity index (χ2n) is 7.10. The van der Waals surface area contributed by atoms with Crippen LogP contribution in [0.15, 0.2) is 29.3 Å². The minimum absolute atomic E-state index is 0.655. The summed E-state index contributed by atoms with van der Waals surface area (Å²) in [6.07, 6.45) is 3.78. The van der Waals surface area contributed by atoms with E-state index in [9.17, 15) is 0 Å². The summed E-state index contributed by atoms with van der Waals surface area (Å²) in [5.41, 5.74) is 3.00. The zero-order valence-corrected chi connectivity index (χ0v) is 15.8. The maximum Gasteiger partial charge on any atom is 0.191 e. The van der Waals surface area contributed by atoms with Crippen molar-refractivity contribution in [3.8, 4) is 0 Å². The number of likely N-dealkylation sites (tertiary alicyclic amines) is 1. The molecule has 2 aliphatic heterocycles. The van der Waals surface area contributed by atoms with E-state index in [2.05, 4.69) is 56.6 Å². The van der Waals surface area contributed by atoms with Crippen molar-refractivity contribution in [2.45, 2.75) is 38.8 Å². The quantitative estimate of drug-likeness (QED) is 0.609. The van der Waals surface area contributed by atoms with E-state index in [-0.39, 0.29) is 0 Å².